The summed E-state index contributed by atoms with van der Waals surface area (Å²) in [6, 6.07) is 9.18. The van der Waals surface area contributed by atoms with Crippen LogP contribution in [0, 0.1) is 4.77 Å². The second-order valence-corrected chi connectivity index (χ2v) is 6.17. The first-order valence-electron chi connectivity index (χ1n) is 5.86. The van der Waals surface area contributed by atoms with Crippen molar-refractivity contribution in [2.24, 2.45) is 5.10 Å². The van der Waals surface area contributed by atoms with Crippen molar-refractivity contribution in [2.45, 2.75) is 0 Å². The maximum absolute atomic E-state index is 6.12. The summed E-state index contributed by atoms with van der Waals surface area (Å²) in [5, 5.41) is 14.3. The minimum absolute atomic E-state index is 0.401. The van der Waals surface area contributed by atoms with Crippen molar-refractivity contribution in [2.75, 3.05) is 0 Å². The fourth-order valence-corrected chi connectivity index (χ4v) is 3.09. The fraction of sp³-hybridized carbons (Fsp3) is 0. The van der Waals surface area contributed by atoms with Gasteiger partial charge >= 0.3 is 0 Å². The lowest BCUT2D eigenvalue weighted by Gasteiger charge is -2.01. The molecule has 0 atom stereocenters. The molecule has 0 aliphatic carbocycles. The first-order valence-corrected chi connectivity index (χ1v) is 7.91. The van der Waals surface area contributed by atoms with E-state index < -0.39 is 0 Å². The summed E-state index contributed by atoms with van der Waals surface area (Å²) in [5.74, 6) is 0.648. The van der Waals surface area contributed by atoms with Gasteiger partial charge in [0.1, 0.15) is 0 Å². The lowest BCUT2D eigenvalue weighted by atomic mass is 10.2. The zero-order valence-electron chi connectivity index (χ0n) is 10.5. The molecule has 106 valence electrons. The van der Waals surface area contributed by atoms with E-state index >= 15 is 0 Å². The number of rotatable bonds is 3. The first-order chi connectivity index (χ1) is 10.2. The van der Waals surface area contributed by atoms with Gasteiger partial charge in [0.2, 0.25) is 4.77 Å². The first kappa shape index (κ1) is 14.5. The van der Waals surface area contributed by atoms with E-state index in [1.165, 1.54) is 0 Å². The highest BCUT2D eigenvalue weighted by molar-refractivity contribution is 7.71. The van der Waals surface area contributed by atoms with Crippen molar-refractivity contribution < 1.29 is 0 Å². The Labute approximate surface area is 139 Å². The second-order valence-electron chi connectivity index (χ2n) is 4.02. The summed E-state index contributed by atoms with van der Waals surface area (Å²) in [4.78, 5) is 0.963. The normalized spacial score (nSPS) is 11.3. The van der Waals surface area contributed by atoms with Gasteiger partial charge in [-0.2, -0.15) is 14.9 Å². The second kappa shape index (κ2) is 6.11. The van der Waals surface area contributed by atoms with Gasteiger partial charge in [-0.25, -0.2) is 5.10 Å². The number of halogens is 2. The Kier molecular flexibility index (Phi) is 4.21. The Bertz CT molecular complexity index is 829. The van der Waals surface area contributed by atoms with Crippen LogP contribution in [0.4, 0.5) is 0 Å². The Morgan fingerprint density at radius 1 is 1.24 bits per heavy atom. The molecule has 1 N–H and O–H groups in total. The van der Waals surface area contributed by atoms with Crippen molar-refractivity contribution >= 4 is 53.0 Å². The largest absolute Gasteiger partial charge is 0.250 e. The van der Waals surface area contributed by atoms with Crippen LogP contribution in [0.3, 0.4) is 0 Å². The minimum atomic E-state index is 0.401. The van der Waals surface area contributed by atoms with E-state index in [2.05, 4.69) is 15.3 Å². The number of aromatic nitrogens is 3. The van der Waals surface area contributed by atoms with Gasteiger partial charge in [-0.3, -0.25) is 0 Å². The number of nitrogens with one attached hydrogen (secondary N) is 1. The van der Waals surface area contributed by atoms with Crippen LogP contribution in [0.25, 0.3) is 10.7 Å². The summed E-state index contributed by atoms with van der Waals surface area (Å²) in [5.41, 5.74) is 0.640. The molecule has 21 heavy (non-hydrogen) atoms. The van der Waals surface area contributed by atoms with E-state index in [4.69, 9.17) is 35.4 Å². The molecule has 8 heteroatoms. The molecule has 0 unspecified atom stereocenters. The lowest BCUT2D eigenvalue weighted by Crippen LogP contribution is -1.94. The lowest BCUT2D eigenvalue weighted by molar-refractivity contribution is 0.873. The van der Waals surface area contributed by atoms with Crippen molar-refractivity contribution in [3.63, 3.8) is 0 Å². The maximum Gasteiger partial charge on any atom is 0.216 e. The molecule has 4 nitrogen and oxygen atoms in total. The van der Waals surface area contributed by atoms with Crippen molar-refractivity contribution in [3.05, 3.63) is 56.1 Å². The number of aromatic amines is 1. The highest BCUT2D eigenvalue weighted by Crippen LogP contribution is 2.24. The van der Waals surface area contributed by atoms with E-state index in [1.807, 2.05) is 17.5 Å². The van der Waals surface area contributed by atoms with E-state index in [1.54, 1.807) is 40.4 Å². The molecule has 0 aliphatic heterocycles. The van der Waals surface area contributed by atoms with Crippen LogP contribution in [0.5, 0.6) is 0 Å². The Hall–Kier alpha value is -1.47. The summed E-state index contributed by atoms with van der Waals surface area (Å²) in [6.45, 7) is 0. The molecular formula is C13H8Cl2N4S2. The third-order valence-corrected chi connectivity index (χ3v) is 4.48. The molecule has 0 saturated carbocycles. The Morgan fingerprint density at radius 3 is 2.67 bits per heavy atom. The van der Waals surface area contributed by atoms with E-state index in [9.17, 15) is 0 Å². The molecule has 2 heterocycles. The maximum atomic E-state index is 6.12. The number of benzene rings is 1. The van der Waals surface area contributed by atoms with Crippen LogP contribution in [-0.4, -0.2) is 21.1 Å². The van der Waals surface area contributed by atoms with Crippen molar-refractivity contribution in [3.8, 4) is 10.7 Å². The van der Waals surface area contributed by atoms with E-state index in [0.717, 1.165) is 4.88 Å². The van der Waals surface area contributed by atoms with Crippen LogP contribution < -0.4 is 0 Å². The monoisotopic (exact) mass is 354 g/mol. The Balaban J connectivity index is 2.05. The predicted octanol–water partition coefficient (Wildman–Crippen LogP) is 4.86. The van der Waals surface area contributed by atoms with Crippen LogP contribution in [0.2, 0.25) is 10.0 Å². The highest BCUT2D eigenvalue weighted by atomic mass is 35.5. The van der Waals surface area contributed by atoms with E-state index in [0.29, 0.717) is 26.2 Å². The van der Waals surface area contributed by atoms with Crippen molar-refractivity contribution in [1.29, 1.82) is 0 Å². The smallest absolute Gasteiger partial charge is 0.216 e. The van der Waals surface area contributed by atoms with Gasteiger partial charge in [0.25, 0.3) is 0 Å². The molecule has 0 spiro atoms. The average Bonchev–Trinajstić information content (AvgIpc) is 3.08. The van der Waals surface area contributed by atoms with Gasteiger partial charge in [0.05, 0.1) is 21.1 Å². The van der Waals surface area contributed by atoms with Gasteiger partial charge in [0, 0.05) is 5.56 Å². The Morgan fingerprint density at radius 2 is 2.00 bits per heavy atom. The van der Waals surface area contributed by atoms with Gasteiger partial charge in [0.15, 0.2) is 5.82 Å². The minimum Gasteiger partial charge on any atom is -0.250 e. The van der Waals surface area contributed by atoms with Crippen molar-refractivity contribution in [1.82, 2.24) is 14.9 Å². The van der Waals surface area contributed by atoms with Gasteiger partial charge in [-0.15, -0.1) is 11.3 Å². The average molecular weight is 355 g/mol. The van der Waals surface area contributed by atoms with Gasteiger partial charge in [-0.05, 0) is 35.8 Å². The van der Waals surface area contributed by atoms with Crippen LogP contribution in [-0.2, 0) is 0 Å². The van der Waals surface area contributed by atoms with Crippen LogP contribution in [0.1, 0.15) is 5.56 Å². The molecule has 3 aromatic rings. The molecule has 2 aromatic heterocycles. The summed E-state index contributed by atoms with van der Waals surface area (Å²) in [7, 11) is 0. The summed E-state index contributed by atoms with van der Waals surface area (Å²) in [6.07, 6.45) is 1.58. The molecule has 0 saturated heterocycles. The molecule has 0 fully saturated rings. The van der Waals surface area contributed by atoms with Gasteiger partial charge in [-0.1, -0.05) is 35.3 Å². The molecule has 0 radical (unpaired) electrons. The number of nitrogens with zero attached hydrogens (tertiary/aromatic N) is 3. The van der Waals surface area contributed by atoms with Crippen LogP contribution in [0.15, 0.2) is 40.8 Å². The zero-order chi connectivity index (χ0) is 14.8. The molecule has 0 bridgehead atoms. The number of hydrogen-bond acceptors (Lipinski definition) is 4. The highest BCUT2D eigenvalue weighted by Gasteiger charge is 2.09. The predicted molar refractivity (Wildman–Crippen MR) is 90.2 cm³/mol. The zero-order valence-corrected chi connectivity index (χ0v) is 13.6. The molecule has 0 aliphatic rings. The standard InChI is InChI=1S/C13H8Cl2N4S2/c14-9-3-1-4-10(15)8(9)7-16-19-12(17-18-13(19)20)11-5-2-6-21-11/h1-7H,(H,18,20)/b16-7-. The number of H-pyrrole nitrogens is 1. The third-order valence-electron chi connectivity index (χ3n) is 2.69. The third kappa shape index (κ3) is 2.94. The number of hydrogen-bond donors (Lipinski definition) is 1. The van der Waals surface area contributed by atoms with Crippen LogP contribution >= 0.6 is 46.8 Å². The fourth-order valence-electron chi connectivity index (χ4n) is 1.71. The molecular weight excluding hydrogens is 347 g/mol. The summed E-state index contributed by atoms with van der Waals surface area (Å²) < 4.78 is 1.94. The molecule has 3 rings (SSSR count). The van der Waals surface area contributed by atoms with Gasteiger partial charge < -0.3 is 0 Å². The quantitative estimate of drug-likeness (QED) is 0.539. The SMILES string of the molecule is S=c1[nH]nc(-c2cccs2)n1/N=C\c1c(Cl)cccc1Cl. The molecule has 1 aromatic carbocycles. The number of thiophene rings is 1. The molecule has 0 amide bonds. The summed E-state index contributed by atoms with van der Waals surface area (Å²) >= 11 is 19.0. The van der Waals surface area contributed by atoms with E-state index in [-0.39, 0.29) is 0 Å². The topological polar surface area (TPSA) is 46.0 Å².